The molecular weight excluding hydrogens is 294 g/mol. The Morgan fingerprint density at radius 2 is 2.10 bits per heavy atom. The van der Waals surface area contributed by atoms with Crippen molar-refractivity contribution in [1.29, 1.82) is 0 Å². The van der Waals surface area contributed by atoms with Crippen molar-refractivity contribution in [3.63, 3.8) is 0 Å². The molecule has 2 N–H and O–H groups in total. The van der Waals surface area contributed by atoms with E-state index in [4.69, 9.17) is 0 Å². The van der Waals surface area contributed by atoms with Crippen LogP contribution in [-0.2, 0) is 16.6 Å². The van der Waals surface area contributed by atoms with Crippen LogP contribution < -0.4 is 10.0 Å². The second-order valence-electron chi connectivity index (χ2n) is 5.08. The Morgan fingerprint density at radius 3 is 2.70 bits per heavy atom. The number of thiophene rings is 1. The van der Waals surface area contributed by atoms with E-state index in [-0.39, 0.29) is 0 Å². The molecule has 1 rings (SSSR count). The Morgan fingerprint density at radius 1 is 1.40 bits per heavy atom. The smallest absolute Gasteiger partial charge is 0.241 e. The summed E-state index contributed by atoms with van der Waals surface area (Å²) < 4.78 is 26.9. The van der Waals surface area contributed by atoms with Crippen LogP contribution in [0.1, 0.15) is 25.6 Å². The maximum absolute atomic E-state index is 12.1. The zero-order valence-corrected chi connectivity index (χ0v) is 14.3. The zero-order valence-electron chi connectivity index (χ0n) is 12.6. The highest BCUT2D eigenvalue weighted by Gasteiger charge is 2.15. The Hall–Kier alpha value is -0.470. The van der Waals surface area contributed by atoms with Crippen LogP contribution in [0.4, 0.5) is 0 Å². The molecular formula is C13H25N3O2S2. The van der Waals surface area contributed by atoms with Crippen LogP contribution >= 0.6 is 11.3 Å². The monoisotopic (exact) mass is 319 g/mol. The number of rotatable bonds is 9. The lowest BCUT2D eigenvalue weighted by molar-refractivity contribution is 0.358. The molecule has 0 aromatic carbocycles. The van der Waals surface area contributed by atoms with Crippen molar-refractivity contribution in [1.82, 2.24) is 14.9 Å². The quantitative estimate of drug-likeness (QED) is 0.724. The topological polar surface area (TPSA) is 61.4 Å². The first-order chi connectivity index (χ1) is 9.35. The minimum absolute atomic E-state index is 0.363. The van der Waals surface area contributed by atoms with Crippen molar-refractivity contribution < 1.29 is 8.42 Å². The van der Waals surface area contributed by atoms with Gasteiger partial charge in [-0.05, 0) is 19.7 Å². The third-order valence-electron chi connectivity index (χ3n) is 2.95. The van der Waals surface area contributed by atoms with E-state index in [9.17, 15) is 8.42 Å². The van der Waals surface area contributed by atoms with Crippen molar-refractivity contribution >= 4 is 21.4 Å². The standard InChI is InChI=1S/C13H25N3O2S2/c1-5-16(4)7-6-15-20(17,18)13-8-12(19-10-13)9-14-11(2)3/h8,10-11,14-15H,5-7,9H2,1-4H3. The van der Waals surface area contributed by atoms with E-state index in [0.29, 0.717) is 30.6 Å². The number of nitrogens with one attached hydrogen (secondary N) is 2. The van der Waals surface area contributed by atoms with Gasteiger partial charge in [-0.3, -0.25) is 0 Å². The molecule has 0 aliphatic rings. The third kappa shape index (κ3) is 5.88. The molecule has 0 bridgehead atoms. The van der Waals surface area contributed by atoms with E-state index >= 15 is 0 Å². The fourth-order valence-electron chi connectivity index (χ4n) is 1.51. The second-order valence-corrected chi connectivity index (χ2v) is 7.84. The second kappa shape index (κ2) is 8.09. The predicted molar refractivity (Wildman–Crippen MR) is 84.7 cm³/mol. The normalized spacial score (nSPS) is 12.5. The first-order valence-corrected chi connectivity index (χ1v) is 9.20. The molecule has 0 unspecified atom stereocenters. The maximum atomic E-state index is 12.1. The number of nitrogens with zero attached hydrogens (tertiary/aromatic N) is 1. The molecule has 0 saturated heterocycles. The highest BCUT2D eigenvalue weighted by atomic mass is 32.2. The zero-order chi connectivity index (χ0) is 15.2. The van der Waals surface area contributed by atoms with Gasteiger partial charge in [0, 0.05) is 35.9 Å². The van der Waals surface area contributed by atoms with Crippen LogP contribution in [0.3, 0.4) is 0 Å². The number of likely N-dealkylation sites (N-methyl/N-ethyl adjacent to an activating group) is 1. The van der Waals surface area contributed by atoms with Gasteiger partial charge in [-0.25, -0.2) is 13.1 Å². The molecule has 0 amide bonds. The lowest BCUT2D eigenvalue weighted by Gasteiger charge is -2.13. The lowest BCUT2D eigenvalue weighted by atomic mass is 10.4. The molecule has 0 fully saturated rings. The van der Waals surface area contributed by atoms with Crippen LogP contribution in [0, 0.1) is 0 Å². The van der Waals surface area contributed by atoms with E-state index in [2.05, 4.69) is 28.8 Å². The van der Waals surface area contributed by atoms with Gasteiger partial charge in [-0.2, -0.15) is 0 Å². The van der Waals surface area contributed by atoms with Crippen molar-refractivity contribution in [2.45, 2.75) is 38.3 Å². The number of hydrogen-bond acceptors (Lipinski definition) is 5. The molecule has 20 heavy (non-hydrogen) atoms. The highest BCUT2D eigenvalue weighted by Crippen LogP contribution is 2.19. The molecule has 0 radical (unpaired) electrons. The summed E-state index contributed by atoms with van der Waals surface area (Å²) in [7, 11) is -1.41. The Labute approximate surface area is 126 Å². The molecule has 0 spiro atoms. The Balaban J connectivity index is 2.55. The summed E-state index contributed by atoms with van der Waals surface area (Å²) in [5, 5.41) is 4.98. The number of hydrogen-bond donors (Lipinski definition) is 2. The fourth-order valence-corrected chi connectivity index (χ4v) is 3.76. The largest absolute Gasteiger partial charge is 0.310 e. The molecule has 0 aliphatic heterocycles. The van der Waals surface area contributed by atoms with Crippen molar-refractivity contribution in [3.05, 3.63) is 16.3 Å². The molecule has 5 nitrogen and oxygen atoms in total. The molecule has 7 heteroatoms. The summed E-state index contributed by atoms with van der Waals surface area (Å²) in [5.74, 6) is 0. The van der Waals surface area contributed by atoms with Crippen LogP contribution in [0.15, 0.2) is 16.3 Å². The highest BCUT2D eigenvalue weighted by molar-refractivity contribution is 7.89. The van der Waals surface area contributed by atoms with Crippen LogP contribution in [-0.4, -0.2) is 46.0 Å². The maximum Gasteiger partial charge on any atom is 0.241 e. The minimum atomic E-state index is -3.38. The summed E-state index contributed by atoms with van der Waals surface area (Å²) in [6.45, 7) is 8.93. The number of sulfonamides is 1. The summed E-state index contributed by atoms with van der Waals surface area (Å²) >= 11 is 1.47. The lowest BCUT2D eigenvalue weighted by Crippen LogP contribution is -2.32. The molecule has 1 aromatic rings. The van der Waals surface area contributed by atoms with Crippen LogP contribution in [0.25, 0.3) is 0 Å². The summed E-state index contributed by atoms with van der Waals surface area (Å²) in [5.41, 5.74) is 0. The SMILES string of the molecule is CCN(C)CCNS(=O)(=O)c1csc(CNC(C)C)c1. The molecule has 0 saturated carbocycles. The van der Waals surface area contributed by atoms with E-state index in [1.54, 1.807) is 11.4 Å². The summed E-state index contributed by atoms with van der Waals surface area (Å²) in [6, 6.07) is 2.13. The Kier molecular flexibility index (Phi) is 7.11. The van der Waals surface area contributed by atoms with Gasteiger partial charge in [0.1, 0.15) is 0 Å². The minimum Gasteiger partial charge on any atom is -0.310 e. The van der Waals surface area contributed by atoms with Gasteiger partial charge >= 0.3 is 0 Å². The first kappa shape index (κ1) is 17.6. The van der Waals surface area contributed by atoms with Crippen molar-refractivity contribution in [3.8, 4) is 0 Å². The van der Waals surface area contributed by atoms with E-state index in [1.165, 1.54) is 11.3 Å². The van der Waals surface area contributed by atoms with E-state index in [0.717, 1.165) is 11.4 Å². The molecule has 0 atom stereocenters. The fraction of sp³-hybridized carbons (Fsp3) is 0.692. The van der Waals surface area contributed by atoms with Crippen molar-refractivity contribution in [2.24, 2.45) is 0 Å². The molecule has 1 aromatic heterocycles. The molecule has 1 heterocycles. The van der Waals surface area contributed by atoms with E-state index in [1.807, 2.05) is 14.0 Å². The van der Waals surface area contributed by atoms with Crippen LogP contribution in [0.2, 0.25) is 0 Å². The Bertz CT molecular complexity index is 497. The van der Waals surface area contributed by atoms with Gasteiger partial charge < -0.3 is 10.2 Å². The van der Waals surface area contributed by atoms with Gasteiger partial charge in [0.05, 0.1) is 4.90 Å². The van der Waals surface area contributed by atoms with Crippen molar-refractivity contribution in [2.75, 3.05) is 26.7 Å². The van der Waals surface area contributed by atoms with Gasteiger partial charge in [-0.1, -0.05) is 20.8 Å². The van der Waals surface area contributed by atoms with Gasteiger partial charge in [0.2, 0.25) is 10.0 Å². The molecule has 116 valence electrons. The average molecular weight is 319 g/mol. The van der Waals surface area contributed by atoms with Gasteiger partial charge in [-0.15, -0.1) is 11.3 Å². The predicted octanol–water partition coefficient (Wildman–Crippen LogP) is 1.48. The summed E-state index contributed by atoms with van der Waals surface area (Å²) in [4.78, 5) is 3.46. The first-order valence-electron chi connectivity index (χ1n) is 6.84. The van der Waals surface area contributed by atoms with E-state index < -0.39 is 10.0 Å². The van der Waals surface area contributed by atoms with Gasteiger partial charge in [0.15, 0.2) is 0 Å². The van der Waals surface area contributed by atoms with Crippen LogP contribution in [0.5, 0.6) is 0 Å². The van der Waals surface area contributed by atoms with Gasteiger partial charge in [0.25, 0.3) is 0 Å². The third-order valence-corrected chi connectivity index (χ3v) is 5.48. The summed E-state index contributed by atoms with van der Waals surface area (Å²) in [6.07, 6.45) is 0. The molecule has 0 aliphatic carbocycles. The average Bonchev–Trinajstić information content (AvgIpc) is 2.85.